The van der Waals surface area contributed by atoms with Gasteiger partial charge in [0.2, 0.25) is 0 Å². The lowest BCUT2D eigenvalue weighted by atomic mass is 10.1. The van der Waals surface area contributed by atoms with Gasteiger partial charge in [-0.2, -0.15) is 5.10 Å². The lowest BCUT2D eigenvalue weighted by Crippen LogP contribution is -2.19. The largest absolute Gasteiger partial charge is 0.493 e. The molecule has 10 heteroatoms. The SMILES string of the molecule is COCCNCc1ccc(C(=O)Nc2cc(C)n(Cc3cc(Cl)ccc3OCC(C)C)n2)c(F)c1.Cl. The number of rotatable bonds is 12. The highest BCUT2D eigenvalue weighted by Gasteiger charge is 2.16. The molecule has 1 amide bonds. The normalized spacial score (nSPS) is 10.9. The van der Waals surface area contributed by atoms with Crippen molar-refractivity contribution in [3.63, 3.8) is 0 Å². The van der Waals surface area contributed by atoms with Crippen molar-refractivity contribution in [2.45, 2.75) is 33.9 Å². The average Bonchev–Trinajstić information content (AvgIpc) is 3.14. The van der Waals surface area contributed by atoms with Crippen molar-refractivity contribution < 1.29 is 18.7 Å². The first kappa shape index (κ1) is 29.6. The molecular formula is C26H33Cl2FN4O3. The summed E-state index contributed by atoms with van der Waals surface area (Å²) >= 11 is 6.21. The second-order valence-corrected chi connectivity index (χ2v) is 9.16. The Labute approximate surface area is 222 Å². The van der Waals surface area contributed by atoms with Gasteiger partial charge < -0.3 is 20.1 Å². The van der Waals surface area contributed by atoms with Crippen molar-refractivity contribution in [2.24, 2.45) is 5.92 Å². The number of benzene rings is 2. The van der Waals surface area contributed by atoms with Crippen molar-refractivity contribution in [3.05, 3.63) is 75.7 Å². The maximum absolute atomic E-state index is 14.6. The number of amides is 1. The van der Waals surface area contributed by atoms with Gasteiger partial charge in [0.1, 0.15) is 11.6 Å². The summed E-state index contributed by atoms with van der Waals surface area (Å²) in [6.45, 7) is 8.75. The number of carbonyl (C=O) groups is 1. The van der Waals surface area contributed by atoms with E-state index in [2.05, 4.69) is 29.6 Å². The molecule has 0 aliphatic rings. The van der Waals surface area contributed by atoms with Gasteiger partial charge in [0, 0.05) is 42.5 Å². The Balaban J connectivity index is 0.00000456. The zero-order valence-electron chi connectivity index (χ0n) is 20.9. The van der Waals surface area contributed by atoms with Crippen molar-refractivity contribution in [1.29, 1.82) is 0 Å². The molecule has 0 spiro atoms. The Morgan fingerprint density at radius 3 is 2.67 bits per heavy atom. The first-order valence-electron chi connectivity index (χ1n) is 11.5. The summed E-state index contributed by atoms with van der Waals surface area (Å²) in [5, 5.41) is 10.9. The van der Waals surface area contributed by atoms with Gasteiger partial charge in [0.25, 0.3) is 5.91 Å². The van der Waals surface area contributed by atoms with Crippen molar-refractivity contribution in [3.8, 4) is 5.75 Å². The molecule has 0 saturated heterocycles. The van der Waals surface area contributed by atoms with E-state index < -0.39 is 11.7 Å². The summed E-state index contributed by atoms with van der Waals surface area (Å²) in [5.74, 6) is 0.310. The molecule has 0 bridgehead atoms. The highest BCUT2D eigenvalue weighted by molar-refractivity contribution is 6.30. The number of ether oxygens (including phenoxy) is 2. The lowest BCUT2D eigenvalue weighted by Gasteiger charge is -2.14. The number of anilines is 1. The summed E-state index contributed by atoms with van der Waals surface area (Å²) in [5.41, 5.74) is 2.40. The zero-order chi connectivity index (χ0) is 25.4. The van der Waals surface area contributed by atoms with Crippen molar-refractivity contribution in [1.82, 2.24) is 15.1 Å². The first-order valence-corrected chi connectivity index (χ1v) is 11.9. The number of nitrogens with one attached hydrogen (secondary N) is 2. The summed E-state index contributed by atoms with van der Waals surface area (Å²) in [4.78, 5) is 12.7. The van der Waals surface area contributed by atoms with Crippen LogP contribution in [0.1, 0.15) is 41.0 Å². The second-order valence-electron chi connectivity index (χ2n) is 8.72. The van der Waals surface area contributed by atoms with Crippen LogP contribution < -0.4 is 15.4 Å². The number of halogens is 3. The van der Waals surface area contributed by atoms with E-state index in [1.807, 2.05) is 19.1 Å². The van der Waals surface area contributed by atoms with Crippen LogP contribution in [0, 0.1) is 18.7 Å². The summed E-state index contributed by atoms with van der Waals surface area (Å²) in [7, 11) is 1.62. The maximum atomic E-state index is 14.6. The van der Waals surface area contributed by atoms with Crippen LogP contribution in [0.25, 0.3) is 0 Å². The Morgan fingerprint density at radius 1 is 1.19 bits per heavy atom. The van der Waals surface area contributed by atoms with E-state index in [0.29, 0.717) is 49.6 Å². The Morgan fingerprint density at radius 2 is 1.97 bits per heavy atom. The third kappa shape index (κ3) is 8.48. The van der Waals surface area contributed by atoms with E-state index in [1.54, 1.807) is 30.0 Å². The van der Waals surface area contributed by atoms with Gasteiger partial charge in [0.05, 0.1) is 25.3 Å². The van der Waals surface area contributed by atoms with Crippen molar-refractivity contribution in [2.75, 3.05) is 32.2 Å². The molecule has 1 aromatic heterocycles. The van der Waals surface area contributed by atoms with E-state index in [-0.39, 0.29) is 18.0 Å². The van der Waals surface area contributed by atoms with Gasteiger partial charge in [-0.25, -0.2) is 4.39 Å². The fourth-order valence-corrected chi connectivity index (χ4v) is 3.60. The monoisotopic (exact) mass is 538 g/mol. The second kappa shape index (κ2) is 14.2. The number of aryl methyl sites for hydroxylation is 1. The molecule has 7 nitrogen and oxygen atoms in total. The van der Waals surface area contributed by atoms with Crippen LogP contribution in [-0.2, 0) is 17.8 Å². The van der Waals surface area contributed by atoms with Crippen LogP contribution in [0.2, 0.25) is 5.02 Å². The molecule has 3 rings (SSSR count). The molecular weight excluding hydrogens is 506 g/mol. The highest BCUT2D eigenvalue weighted by Crippen LogP contribution is 2.25. The third-order valence-corrected chi connectivity index (χ3v) is 5.46. The molecule has 2 N–H and O–H groups in total. The third-order valence-electron chi connectivity index (χ3n) is 5.23. The van der Waals surface area contributed by atoms with Crippen LogP contribution in [0.3, 0.4) is 0 Å². The Bertz CT molecular complexity index is 1150. The molecule has 0 unspecified atom stereocenters. The van der Waals surface area contributed by atoms with Crippen LogP contribution in [0.4, 0.5) is 10.2 Å². The molecule has 196 valence electrons. The van der Waals surface area contributed by atoms with Gasteiger partial charge in [-0.15, -0.1) is 12.4 Å². The summed E-state index contributed by atoms with van der Waals surface area (Å²) in [6.07, 6.45) is 0. The van der Waals surface area contributed by atoms with Gasteiger partial charge in [-0.3, -0.25) is 9.48 Å². The molecule has 1 heterocycles. The van der Waals surface area contributed by atoms with Crippen LogP contribution in [0.5, 0.6) is 5.75 Å². The zero-order valence-corrected chi connectivity index (χ0v) is 22.5. The fraction of sp³-hybridized carbons (Fsp3) is 0.385. The van der Waals surface area contributed by atoms with Gasteiger partial charge >= 0.3 is 0 Å². The molecule has 0 atom stereocenters. The molecule has 0 aliphatic heterocycles. The predicted molar refractivity (Wildman–Crippen MR) is 143 cm³/mol. The molecule has 0 radical (unpaired) electrons. The fourth-order valence-electron chi connectivity index (χ4n) is 3.40. The number of methoxy groups -OCH3 is 1. The highest BCUT2D eigenvalue weighted by atomic mass is 35.5. The average molecular weight is 539 g/mol. The van der Waals surface area contributed by atoms with E-state index >= 15 is 0 Å². The van der Waals surface area contributed by atoms with Crippen LogP contribution in [-0.4, -0.2) is 42.6 Å². The smallest absolute Gasteiger partial charge is 0.259 e. The van der Waals surface area contributed by atoms with Crippen LogP contribution in [0.15, 0.2) is 42.5 Å². The molecule has 0 aliphatic carbocycles. The summed E-state index contributed by atoms with van der Waals surface area (Å²) in [6, 6.07) is 11.8. The topological polar surface area (TPSA) is 77.4 Å². The van der Waals surface area contributed by atoms with E-state index in [0.717, 1.165) is 22.6 Å². The molecule has 2 aromatic carbocycles. The van der Waals surface area contributed by atoms with Crippen molar-refractivity contribution >= 4 is 35.7 Å². The van der Waals surface area contributed by atoms with E-state index in [9.17, 15) is 9.18 Å². The number of hydrogen-bond acceptors (Lipinski definition) is 5. The number of hydrogen-bond donors (Lipinski definition) is 2. The minimum Gasteiger partial charge on any atom is -0.493 e. The van der Waals surface area contributed by atoms with Gasteiger partial charge in [0.15, 0.2) is 5.82 Å². The number of aromatic nitrogens is 2. The van der Waals surface area contributed by atoms with Gasteiger partial charge in [-0.05, 0) is 48.7 Å². The maximum Gasteiger partial charge on any atom is 0.259 e. The first-order chi connectivity index (χ1) is 16.8. The standard InChI is InChI=1S/C26H32ClFN4O3.ClH/c1-17(2)16-35-24-8-6-21(27)13-20(24)15-32-18(3)11-25(31-32)30-26(33)22-7-5-19(12-23(22)28)14-29-9-10-34-4;/h5-8,11-13,17,29H,9-10,14-16H2,1-4H3,(H,30,31,33);1H. The quantitative estimate of drug-likeness (QED) is 0.298. The predicted octanol–water partition coefficient (Wildman–Crippen LogP) is 5.48. The minimum atomic E-state index is -0.587. The lowest BCUT2D eigenvalue weighted by molar-refractivity contribution is 0.102. The van der Waals surface area contributed by atoms with E-state index in [1.165, 1.54) is 12.1 Å². The Hall–Kier alpha value is -2.65. The molecule has 3 aromatic rings. The molecule has 0 saturated carbocycles. The number of carbonyl (C=O) groups excluding carboxylic acids is 1. The number of nitrogens with zero attached hydrogens (tertiary/aromatic N) is 2. The Kier molecular flexibility index (Phi) is 11.7. The van der Waals surface area contributed by atoms with Gasteiger partial charge in [-0.1, -0.05) is 31.5 Å². The molecule has 0 fully saturated rings. The molecule has 36 heavy (non-hydrogen) atoms. The minimum absolute atomic E-state index is 0. The summed E-state index contributed by atoms with van der Waals surface area (Å²) < 4.78 is 27.2. The van der Waals surface area contributed by atoms with E-state index in [4.69, 9.17) is 21.1 Å². The van der Waals surface area contributed by atoms with Crippen LogP contribution >= 0.6 is 24.0 Å².